The molecule has 0 saturated carbocycles. The summed E-state index contributed by atoms with van der Waals surface area (Å²) in [5, 5.41) is 0. The van der Waals surface area contributed by atoms with Crippen molar-refractivity contribution in [2.45, 2.75) is 13.8 Å². The molecule has 1 heteroatoms. The van der Waals surface area contributed by atoms with Gasteiger partial charge in [-0.05, 0) is 37.1 Å². The van der Waals surface area contributed by atoms with Crippen molar-refractivity contribution in [1.82, 2.24) is 0 Å². The molecule has 0 unspecified atom stereocenters. The molecule has 0 aliphatic rings. The van der Waals surface area contributed by atoms with Crippen LogP contribution in [0.4, 0.5) is 0 Å². The minimum absolute atomic E-state index is 0.895. The Morgan fingerprint density at radius 2 is 2.07 bits per heavy atom. The van der Waals surface area contributed by atoms with E-state index in [4.69, 9.17) is 4.74 Å². The second kappa shape index (κ2) is 5.28. The standard InChI is InChI=1S/C13H16O/c1-4-7-11(5-2)12-8-6-9-13(10-12)14-3/h4-10H,1-3H3. The van der Waals surface area contributed by atoms with Crippen LogP contribution in [0.1, 0.15) is 19.4 Å². The number of ether oxygens (including phenoxy) is 1. The summed E-state index contributed by atoms with van der Waals surface area (Å²) >= 11 is 0. The van der Waals surface area contributed by atoms with E-state index in [1.54, 1.807) is 7.11 Å². The lowest BCUT2D eigenvalue weighted by Gasteiger charge is -2.04. The lowest BCUT2D eigenvalue weighted by Crippen LogP contribution is -1.85. The Morgan fingerprint density at radius 3 is 2.64 bits per heavy atom. The summed E-state index contributed by atoms with van der Waals surface area (Å²) in [6.45, 7) is 4.05. The van der Waals surface area contributed by atoms with E-state index in [0.717, 1.165) is 5.75 Å². The number of methoxy groups -OCH3 is 1. The van der Waals surface area contributed by atoms with Gasteiger partial charge in [-0.15, -0.1) is 0 Å². The van der Waals surface area contributed by atoms with Gasteiger partial charge in [-0.3, -0.25) is 0 Å². The van der Waals surface area contributed by atoms with Crippen molar-refractivity contribution in [3.05, 3.63) is 48.1 Å². The topological polar surface area (TPSA) is 9.23 Å². The van der Waals surface area contributed by atoms with E-state index >= 15 is 0 Å². The van der Waals surface area contributed by atoms with Crippen molar-refractivity contribution in [3.63, 3.8) is 0 Å². The van der Waals surface area contributed by atoms with E-state index < -0.39 is 0 Å². The Kier molecular flexibility index (Phi) is 3.99. The summed E-state index contributed by atoms with van der Waals surface area (Å²) in [5.74, 6) is 0.895. The molecule has 0 bridgehead atoms. The van der Waals surface area contributed by atoms with Gasteiger partial charge in [-0.2, -0.15) is 0 Å². The van der Waals surface area contributed by atoms with Crippen LogP contribution in [0.25, 0.3) is 5.57 Å². The zero-order valence-electron chi connectivity index (χ0n) is 8.95. The molecule has 0 amide bonds. The highest BCUT2D eigenvalue weighted by Crippen LogP contribution is 2.20. The van der Waals surface area contributed by atoms with Gasteiger partial charge in [0.05, 0.1) is 7.11 Å². The minimum atomic E-state index is 0.895. The maximum atomic E-state index is 5.18. The lowest BCUT2D eigenvalue weighted by atomic mass is 10.1. The van der Waals surface area contributed by atoms with Gasteiger partial charge in [0.15, 0.2) is 0 Å². The van der Waals surface area contributed by atoms with Crippen molar-refractivity contribution in [2.24, 2.45) is 0 Å². The first-order chi connectivity index (χ1) is 6.81. The van der Waals surface area contributed by atoms with Gasteiger partial charge in [0.2, 0.25) is 0 Å². The molecule has 0 aromatic heterocycles. The van der Waals surface area contributed by atoms with Gasteiger partial charge in [0.25, 0.3) is 0 Å². The summed E-state index contributed by atoms with van der Waals surface area (Å²) in [6.07, 6.45) is 6.22. The van der Waals surface area contributed by atoms with Crippen molar-refractivity contribution in [2.75, 3.05) is 7.11 Å². The summed E-state index contributed by atoms with van der Waals surface area (Å²) in [5.41, 5.74) is 2.40. The smallest absolute Gasteiger partial charge is 0.119 e. The van der Waals surface area contributed by atoms with Crippen molar-refractivity contribution < 1.29 is 4.74 Å². The molecule has 0 fully saturated rings. The Balaban J connectivity index is 3.05. The predicted molar refractivity (Wildman–Crippen MR) is 61.5 cm³/mol. The van der Waals surface area contributed by atoms with Crippen LogP contribution < -0.4 is 4.74 Å². The van der Waals surface area contributed by atoms with Gasteiger partial charge in [0, 0.05) is 0 Å². The van der Waals surface area contributed by atoms with Crippen molar-refractivity contribution >= 4 is 5.57 Å². The van der Waals surface area contributed by atoms with Crippen LogP contribution in [0, 0.1) is 0 Å². The van der Waals surface area contributed by atoms with Gasteiger partial charge < -0.3 is 4.74 Å². The Morgan fingerprint density at radius 1 is 1.29 bits per heavy atom. The molecule has 0 aliphatic carbocycles. The van der Waals surface area contributed by atoms with Gasteiger partial charge in [-0.25, -0.2) is 0 Å². The molecule has 1 rings (SSSR count). The fourth-order valence-corrected chi connectivity index (χ4v) is 1.34. The quantitative estimate of drug-likeness (QED) is 0.657. The van der Waals surface area contributed by atoms with Crippen molar-refractivity contribution in [3.8, 4) is 5.75 Å². The van der Waals surface area contributed by atoms with Crippen LogP contribution in [0.3, 0.4) is 0 Å². The summed E-state index contributed by atoms with van der Waals surface area (Å²) in [4.78, 5) is 0. The van der Waals surface area contributed by atoms with E-state index in [9.17, 15) is 0 Å². The van der Waals surface area contributed by atoms with E-state index in [-0.39, 0.29) is 0 Å². The molecule has 0 N–H and O–H groups in total. The van der Waals surface area contributed by atoms with Crippen LogP contribution in [0.2, 0.25) is 0 Å². The van der Waals surface area contributed by atoms with Crippen molar-refractivity contribution in [1.29, 1.82) is 0 Å². The molecule has 74 valence electrons. The van der Waals surface area contributed by atoms with E-state index in [2.05, 4.69) is 18.2 Å². The molecule has 0 heterocycles. The monoisotopic (exact) mass is 188 g/mol. The first-order valence-corrected chi connectivity index (χ1v) is 4.75. The maximum Gasteiger partial charge on any atom is 0.119 e. The molecule has 1 aromatic carbocycles. The molecule has 0 saturated heterocycles. The maximum absolute atomic E-state index is 5.18. The summed E-state index contributed by atoms with van der Waals surface area (Å²) < 4.78 is 5.18. The second-order valence-electron chi connectivity index (χ2n) is 2.98. The van der Waals surface area contributed by atoms with Crippen LogP contribution in [0.15, 0.2) is 42.5 Å². The lowest BCUT2D eigenvalue weighted by molar-refractivity contribution is 0.414. The Hall–Kier alpha value is -1.50. The minimum Gasteiger partial charge on any atom is -0.497 e. The first kappa shape index (κ1) is 10.6. The summed E-state index contributed by atoms with van der Waals surface area (Å²) in [6, 6.07) is 8.07. The molecule has 1 aromatic rings. The number of hydrogen-bond donors (Lipinski definition) is 0. The largest absolute Gasteiger partial charge is 0.497 e. The van der Waals surface area contributed by atoms with E-state index in [1.165, 1.54) is 11.1 Å². The number of allylic oxidation sites excluding steroid dienone is 4. The zero-order chi connectivity index (χ0) is 10.4. The van der Waals surface area contributed by atoms with E-state index in [1.807, 2.05) is 38.1 Å². The average Bonchev–Trinajstić information content (AvgIpc) is 2.26. The third-order valence-corrected chi connectivity index (χ3v) is 2.06. The molecule has 1 nitrogen and oxygen atoms in total. The molecule has 0 spiro atoms. The molecule has 0 radical (unpaired) electrons. The molecular formula is C13H16O. The SMILES string of the molecule is CC=CC(=CC)c1cccc(OC)c1. The van der Waals surface area contributed by atoms with Crippen LogP contribution in [-0.4, -0.2) is 7.11 Å². The second-order valence-corrected chi connectivity index (χ2v) is 2.98. The molecule has 14 heavy (non-hydrogen) atoms. The third kappa shape index (κ3) is 2.49. The van der Waals surface area contributed by atoms with Crippen LogP contribution in [-0.2, 0) is 0 Å². The number of hydrogen-bond acceptors (Lipinski definition) is 1. The van der Waals surface area contributed by atoms with Crippen LogP contribution >= 0.6 is 0 Å². The highest BCUT2D eigenvalue weighted by atomic mass is 16.5. The number of benzene rings is 1. The molecular weight excluding hydrogens is 172 g/mol. The summed E-state index contributed by atoms with van der Waals surface area (Å²) in [7, 11) is 1.68. The van der Waals surface area contributed by atoms with E-state index in [0.29, 0.717) is 0 Å². The Bertz CT molecular complexity index is 348. The third-order valence-electron chi connectivity index (χ3n) is 2.06. The average molecular weight is 188 g/mol. The van der Waals surface area contributed by atoms with Gasteiger partial charge >= 0.3 is 0 Å². The fraction of sp³-hybridized carbons (Fsp3) is 0.231. The zero-order valence-corrected chi connectivity index (χ0v) is 8.95. The van der Waals surface area contributed by atoms with Gasteiger partial charge in [0.1, 0.15) is 5.75 Å². The molecule has 0 aliphatic heterocycles. The highest BCUT2D eigenvalue weighted by molar-refractivity contribution is 5.74. The normalized spacial score (nSPS) is 12.1. The van der Waals surface area contributed by atoms with Gasteiger partial charge in [-0.1, -0.05) is 30.4 Å². The van der Waals surface area contributed by atoms with Crippen LogP contribution in [0.5, 0.6) is 5.75 Å². The Labute approximate surface area is 85.7 Å². The highest BCUT2D eigenvalue weighted by Gasteiger charge is 1.97. The predicted octanol–water partition coefficient (Wildman–Crippen LogP) is 3.67. The first-order valence-electron chi connectivity index (χ1n) is 4.75. The number of rotatable bonds is 3. The fourth-order valence-electron chi connectivity index (χ4n) is 1.34. The molecule has 0 atom stereocenters.